The molecule has 2 amide bonds. The van der Waals surface area contributed by atoms with Crippen LogP contribution >= 0.6 is 11.6 Å². The van der Waals surface area contributed by atoms with Gasteiger partial charge in [0.05, 0.1) is 11.1 Å². The molecular formula is C14H19ClF2N2O3. The molecule has 0 aliphatic carbocycles. The normalized spacial score (nSPS) is 13.6. The van der Waals surface area contributed by atoms with Crippen LogP contribution in [0, 0.1) is 5.92 Å². The van der Waals surface area contributed by atoms with E-state index in [-0.39, 0.29) is 16.7 Å². The zero-order valence-corrected chi connectivity index (χ0v) is 13.0. The maximum Gasteiger partial charge on any atom is 0.387 e. The Morgan fingerprint density at radius 3 is 2.64 bits per heavy atom. The van der Waals surface area contributed by atoms with Crippen molar-refractivity contribution < 1.29 is 23.4 Å². The maximum absolute atomic E-state index is 12.1. The van der Waals surface area contributed by atoms with E-state index in [1.807, 2.05) is 6.92 Å². The van der Waals surface area contributed by atoms with Crippen molar-refractivity contribution in [1.82, 2.24) is 5.32 Å². The number of carbonyl (C=O) groups excluding carboxylic acids is 1. The number of halogens is 3. The van der Waals surface area contributed by atoms with Gasteiger partial charge in [-0.3, -0.25) is 0 Å². The predicted octanol–water partition coefficient (Wildman–Crippen LogP) is 3.47. The summed E-state index contributed by atoms with van der Waals surface area (Å²) in [6.07, 6.45) is 0.146. The lowest BCUT2D eigenvalue weighted by molar-refractivity contribution is -0.0497. The highest BCUT2D eigenvalue weighted by Gasteiger charge is 2.11. The van der Waals surface area contributed by atoms with Crippen molar-refractivity contribution in [3.63, 3.8) is 0 Å². The Labute approximate surface area is 132 Å². The first kappa shape index (κ1) is 18.4. The number of alkyl halides is 2. The first-order valence-corrected chi connectivity index (χ1v) is 7.13. The number of hydrogen-bond donors (Lipinski definition) is 3. The third kappa shape index (κ3) is 6.91. The topological polar surface area (TPSA) is 70.6 Å². The molecule has 0 aromatic heterocycles. The average molecular weight is 337 g/mol. The zero-order valence-electron chi connectivity index (χ0n) is 12.3. The van der Waals surface area contributed by atoms with Crippen LogP contribution in [-0.4, -0.2) is 30.4 Å². The molecule has 5 nitrogen and oxygen atoms in total. The zero-order chi connectivity index (χ0) is 16.7. The van der Waals surface area contributed by atoms with E-state index in [1.54, 1.807) is 6.92 Å². The number of benzene rings is 1. The SMILES string of the molecule is C[C@@H](CNC(=O)Nc1ccc(OC(F)F)c(Cl)c1)C[C@H](C)O. The second-order valence-corrected chi connectivity index (χ2v) is 5.46. The number of hydrogen-bond acceptors (Lipinski definition) is 3. The van der Waals surface area contributed by atoms with Crippen LogP contribution in [0.15, 0.2) is 18.2 Å². The molecule has 1 aromatic rings. The molecule has 0 spiro atoms. The summed E-state index contributed by atoms with van der Waals surface area (Å²) in [6.45, 7) is 1.02. The van der Waals surface area contributed by atoms with Crippen LogP contribution in [-0.2, 0) is 0 Å². The van der Waals surface area contributed by atoms with E-state index in [4.69, 9.17) is 11.6 Å². The quantitative estimate of drug-likeness (QED) is 0.714. The van der Waals surface area contributed by atoms with Gasteiger partial charge in [0.2, 0.25) is 0 Å². The minimum atomic E-state index is -2.96. The summed E-state index contributed by atoms with van der Waals surface area (Å²) in [5.41, 5.74) is 0.354. The standard InChI is InChI=1S/C14H19ClF2N2O3/c1-8(5-9(2)20)7-18-14(21)19-10-3-4-12(11(15)6-10)22-13(16)17/h3-4,6,8-9,13,20H,5,7H2,1-2H3,(H2,18,19,21)/t8-,9+/m1/s1. The van der Waals surface area contributed by atoms with Gasteiger partial charge in [0.25, 0.3) is 0 Å². The van der Waals surface area contributed by atoms with Crippen LogP contribution in [0.25, 0.3) is 0 Å². The van der Waals surface area contributed by atoms with Crippen LogP contribution in [0.2, 0.25) is 5.02 Å². The van der Waals surface area contributed by atoms with Crippen LogP contribution in [0.1, 0.15) is 20.3 Å². The summed E-state index contributed by atoms with van der Waals surface area (Å²) in [5, 5.41) is 14.4. The second kappa shape index (κ2) is 8.75. The number of aliphatic hydroxyl groups excluding tert-OH is 1. The minimum Gasteiger partial charge on any atom is -0.433 e. The number of aliphatic hydroxyl groups is 1. The van der Waals surface area contributed by atoms with Gasteiger partial charge in [-0.25, -0.2) is 4.79 Å². The van der Waals surface area contributed by atoms with Gasteiger partial charge in [-0.1, -0.05) is 18.5 Å². The van der Waals surface area contributed by atoms with Crippen molar-refractivity contribution in [2.45, 2.75) is 33.0 Å². The summed E-state index contributed by atoms with van der Waals surface area (Å²) in [7, 11) is 0. The van der Waals surface area contributed by atoms with Gasteiger partial charge in [-0.2, -0.15) is 8.78 Å². The summed E-state index contributed by atoms with van der Waals surface area (Å²) in [5.74, 6) is -0.0377. The molecule has 1 aromatic carbocycles. The third-order valence-electron chi connectivity index (χ3n) is 2.76. The van der Waals surface area contributed by atoms with Gasteiger partial charge >= 0.3 is 12.6 Å². The minimum absolute atomic E-state index is 0.0272. The molecule has 0 unspecified atom stereocenters. The Hall–Kier alpha value is -1.60. The molecule has 0 aliphatic rings. The van der Waals surface area contributed by atoms with Crippen molar-refractivity contribution >= 4 is 23.3 Å². The van der Waals surface area contributed by atoms with Crippen molar-refractivity contribution in [2.75, 3.05) is 11.9 Å². The van der Waals surface area contributed by atoms with Crippen LogP contribution in [0.3, 0.4) is 0 Å². The number of amides is 2. The Balaban J connectivity index is 2.49. The molecule has 1 rings (SSSR count). The summed E-state index contributed by atoms with van der Waals surface area (Å²) in [6, 6.07) is 3.52. The van der Waals surface area contributed by atoms with Crippen molar-refractivity contribution in [3.8, 4) is 5.75 Å². The van der Waals surface area contributed by atoms with Crippen LogP contribution in [0.4, 0.5) is 19.3 Å². The van der Waals surface area contributed by atoms with Gasteiger partial charge < -0.3 is 20.5 Å². The van der Waals surface area contributed by atoms with E-state index in [2.05, 4.69) is 15.4 Å². The Bertz CT molecular complexity index is 501. The summed E-state index contributed by atoms with van der Waals surface area (Å²) >= 11 is 5.78. The van der Waals surface area contributed by atoms with Crippen molar-refractivity contribution in [2.24, 2.45) is 5.92 Å². The molecule has 0 saturated heterocycles. The average Bonchev–Trinajstić information content (AvgIpc) is 2.38. The lowest BCUT2D eigenvalue weighted by Gasteiger charge is -2.15. The molecule has 0 aliphatic heterocycles. The monoisotopic (exact) mass is 336 g/mol. The van der Waals surface area contributed by atoms with Crippen LogP contribution < -0.4 is 15.4 Å². The molecule has 0 radical (unpaired) electrons. The molecule has 3 N–H and O–H groups in total. The first-order chi connectivity index (χ1) is 10.3. The first-order valence-electron chi connectivity index (χ1n) is 6.75. The van der Waals surface area contributed by atoms with E-state index in [0.717, 1.165) is 0 Å². The fourth-order valence-electron chi connectivity index (χ4n) is 1.88. The molecular weight excluding hydrogens is 318 g/mol. The smallest absolute Gasteiger partial charge is 0.387 e. The fourth-order valence-corrected chi connectivity index (χ4v) is 2.10. The van der Waals surface area contributed by atoms with E-state index >= 15 is 0 Å². The molecule has 0 heterocycles. The van der Waals surface area contributed by atoms with Crippen molar-refractivity contribution in [1.29, 1.82) is 0 Å². The molecule has 0 fully saturated rings. The summed E-state index contributed by atoms with van der Waals surface area (Å²) < 4.78 is 28.4. The second-order valence-electron chi connectivity index (χ2n) is 5.05. The Kier molecular flexibility index (Phi) is 7.34. The number of anilines is 1. The maximum atomic E-state index is 12.1. The van der Waals surface area contributed by atoms with E-state index < -0.39 is 18.7 Å². The predicted molar refractivity (Wildman–Crippen MR) is 80.6 cm³/mol. The van der Waals surface area contributed by atoms with Crippen molar-refractivity contribution in [3.05, 3.63) is 23.2 Å². The highest BCUT2D eigenvalue weighted by atomic mass is 35.5. The number of rotatable bonds is 7. The lowest BCUT2D eigenvalue weighted by Crippen LogP contribution is -2.33. The fraction of sp³-hybridized carbons (Fsp3) is 0.500. The van der Waals surface area contributed by atoms with Crippen LogP contribution in [0.5, 0.6) is 5.75 Å². The van der Waals surface area contributed by atoms with E-state index in [9.17, 15) is 18.7 Å². The third-order valence-corrected chi connectivity index (χ3v) is 3.06. The summed E-state index contributed by atoms with van der Waals surface area (Å²) in [4.78, 5) is 11.7. The Morgan fingerprint density at radius 2 is 2.09 bits per heavy atom. The van der Waals surface area contributed by atoms with Gasteiger partial charge in [0.15, 0.2) is 0 Å². The lowest BCUT2D eigenvalue weighted by atomic mass is 10.1. The molecule has 2 atom stereocenters. The molecule has 0 saturated carbocycles. The number of nitrogens with one attached hydrogen (secondary N) is 2. The highest BCUT2D eigenvalue weighted by molar-refractivity contribution is 6.32. The van der Waals surface area contributed by atoms with Gasteiger partial charge in [0, 0.05) is 12.2 Å². The molecule has 124 valence electrons. The van der Waals surface area contributed by atoms with Gasteiger partial charge in [0.1, 0.15) is 5.75 Å². The largest absolute Gasteiger partial charge is 0.433 e. The van der Waals surface area contributed by atoms with Gasteiger partial charge in [-0.05, 0) is 37.5 Å². The molecule has 22 heavy (non-hydrogen) atoms. The highest BCUT2D eigenvalue weighted by Crippen LogP contribution is 2.28. The van der Waals surface area contributed by atoms with Gasteiger partial charge in [-0.15, -0.1) is 0 Å². The van der Waals surface area contributed by atoms with E-state index in [1.165, 1.54) is 18.2 Å². The van der Waals surface area contributed by atoms with E-state index in [0.29, 0.717) is 18.7 Å². The number of ether oxygens (including phenoxy) is 1. The number of carbonyl (C=O) groups is 1. The molecule has 8 heteroatoms. The number of urea groups is 1. The Morgan fingerprint density at radius 1 is 1.41 bits per heavy atom. The molecule has 0 bridgehead atoms.